The molecular weight excluding hydrogens is 268 g/mol. The van der Waals surface area contributed by atoms with Gasteiger partial charge in [-0.05, 0) is 24.3 Å². The summed E-state index contributed by atoms with van der Waals surface area (Å²) in [5.41, 5.74) is 4.80. The number of hydrogen-bond donors (Lipinski definition) is 2. The molecule has 2 amide bonds. The number of amides is 2. The molecule has 3 N–H and O–H groups in total. The fraction of sp³-hybridized carbons (Fsp3) is 0.0833. The van der Waals surface area contributed by atoms with Gasteiger partial charge in [-0.3, -0.25) is 14.4 Å². The van der Waals surface area contributed by atoms with Gasteiger partial charge in [0.25, 0.3) is 0 Å². The highest BCUT2D eigenvalue weighted by molar-refractivity contribution is 7.14. The minimum atomic E-state index is -1.04. The molecule has 7 heteroatoms. The molecule has 0 aromatic carbocycles. The molecule has 0 unspecified atom stereocenters. The quantitative estimate of drug-likeness (QED) is 0.634. The summed E-state index contributed by atoms with van der Waals surface area (Å²) < 4.78 is 5.01. The first-order valence-corrected chi connectivity index (χ1v) is 6.14. The second-order valence-electron chi connectivity index (χ2n) is 3.62. The van der Waals surface area contributed by atoms with Gasteiger partial charge in [0, 0.05) is 4.88 Å². The maximum Gasteiger partial charge on any atom is 0.309 e. The Hall–Kier alpha value is -2.41. The predicted octanol–water partition coefficient (Wildman–Crippen LogP) is 0.674. The van der Waals surface area contributed by atoms with Crippen LogP contribution in [0.15, 0.2) is 34.9 Å². The molecule has 6 nitrogen and oxygen atoms in total. The number of rotatable bonds is 4. The van der Waals surface area contributed by atoms with Crippen molar-refractivity contribution in [1.29, 1.82) is 0 Å². The normalized spacial score (nSPS) is 10.1. The lowest BCUT2D eigenvalue weighted by molar-refractivity contribution is -0.137. The molecule has 0 fully saturated rings. The summed E-state index contributed by atoms with van der Waals surface area (Å²) in [6.45, 7) is 0.151. The third kappa shape index (κ3) is 3.08. The molecule has 0 atom stereocenters. The Morgan fingerprint density at radius 1 is 1.26 bits per heavy atom. The van der Waals surface area contributed by atoms with Crippen LogP contribution in [0.3, 0.4) is 0 Å². The van der Waals surface area contributed by atoms with Gasteiger partial charge in [0.2, 0.25) is 5.78 Å². The van der Waals surface area contributed by atoms with Crippen LogP contribution in [0.4, 0.5) is 0 Å². The number of nitrogens with two attached hydrogens (primary N) is 1. The van der Waals surface area contributed by atoms with Gasteiger partial charge in [0.1, 0.15) is 0 Å². The number of carbonyl (C=O) groups is 3. The minimum absolute atomic E-state index is 0.151. The van der Waals surface area contributed by atoms with Gasteiger partial charge in [0.15, 0.2) is 5.76 Å². The number of thiophene rings is 1. The van der Waals surface area contributed by atoms with Gasteiger partial charge in [0.05, 0.1) is 17.7 Å². The second kappa shape index (κ2) is 5.49. The molecule has 2 heterocycles. The largest absolute Gasteiger partial charge is 0.461 e. The number of nitrogens with one attached hydrogen (secondary N) is 1. The number of furan rings is 1. The molecule has 0 aliphatic carbocycles. The topological polar surface area (TPSA) is 102 Å². The lowest BCUT2D eigenvalue weighted by Gasteiger charge is -1.98. The van der Waals surface area contributed by atoms with Gasteiger partial charge >= 0.3 is 11.8 Å². The van der Waals surface area contributed by atoms with Crippen LogP contribution in [0, 0.1) is 0 Å². The molecule has 0 aliphatic rings. The standard InChI is InChI=1S/C12H10N2O4S/c13-11(16)12(17)14-6-7-3-4-9(19-7)10(15)8-2-1-5-18-8/h1-5H,6H2,(H2,13,16)(H,14,17). The van der Waals surface area contributed by atoms with E-state index in [9.17, 15) is 14.4 Å². The van der Waals surface area contributed by atoms with Crippen molar-refractivity contribution < 1.29 is 18.8 Å². The van der Waals surface area contributed by atoms with Crippen molar-refractivity contribution in [3.63, 3.8) is 0 Å². The Morgan fingerprint density at radius 2 is 2.05 bits per heavy atom. The highest BCUT2D eigenvalue weighted by atomic mass is 32.1. The first-order chi connectivity index (χ1) is 9.08. The Morgan fingerprint density at radius 3 is 2.68 bits per heavy atom. The van der Waals surface area contributed by atoms with Crippen LogP contribution >= 0.6 is 11.3 Å². The first kappa shape index (κ1) is 13.0. The van der Waals surface area contributed by atoms with E-state index in [-0.39, 0.29) is 18.1 Å². The van der Waals surface area contributed by atoms with Crippen LogP contribution in [0.25, 0.3) is 0 Å². The van der Waals surface area contributed by atoms with Crippen molar-refractivity contribution in [3.8, 4) is 0 Å². The summed E-state index contributed by atoms with van der Waals surface area (Å²) in [6.07, 6.45) is 1.43. The molecule has 2 aromatic heterocycles. The smallest absolute Gasteiger partial charge is 0.309 e. The van der Waals surface area contributed by atoms with E-state index in [1.165, 1.54) is 17.6 Å². The van der Waals surface area contributed by atoms with E-state index in [0.717, 1.165) is 4.88 Å². The predicted molar refractivity (Wildman–Crippen MR) is 67.5 cm³/mol. The fourth-order valence-electron chi connectivity index (χ4n) is 1.38. The highest BCUT2D eigenvalue weighted by Gasteiger charge is 2.15. The van der Waals surface area contributed by atoms with Gasteiger partial charge < -0.3 is 15.5 Å². The van der Waals surface area contributed by atoms with Crippen LogP contribution in [0.5, 0.6) is 0 Å². The molecule has 2 aromatic rings. The Bertz CT molecular complexity index is 615. The second-order valence-corrected chi connectivity index (χ2v) is 4.79. The van der Waals surface area contributed by atoms with Crippen molar-refractivity contribution in [1.82, 2.24) is 5.32 Å². The number of carbonyl (C=O) groups excluding carboxylic acids is 3. The maximum absolute atomic E-state index is 11.9. The molecule has 0 radical (unpaired) electrons. The lowest BCUT2D eigenvalue weighted by Crippen LogP contribution is -2.35. The summed E-state index contributed by atoms with van der Waals surface area (Å²) in [4.78, 5) is 34.7. The van der Waals surface area contributed by atoms with Gasteiger partial charge in [-0.1, -0.05) is 0 Å². The summed E-state index contributed by atoms with van der Waals surface area (Å²) >= 11 is 1.22. The zero-order valence-corrected chi connectivity index (χ0v) is 10.5. The maximum atomic E-state index is 11.9. The molecule has 0 bridgehead atoms. The summed E-state index contributed by atoms with van der Waals surface area (Å²) in [5.74, 6) is -1.85. The molecule has 19 heavy (non-hydrogen) atoms. The van der Waals surface area contributed by atoms with Crippen LogP contribution in [0.1, 0.15) is 20.3 Å². The minimum Gasteiger partial charge on any atom is -0.461 e. The average molecular weight is 278 g/mol. The SMILES string of the molecule is NC(=O)C(=O)NCc1ccc(C(=O)c2ccco2)s1. The molecule has 2 rings (SSSR count). The van der Waals surface area contributed by atoms with E-state index in [2.05, 4.69) is 5.32 Å². The van der Waals surface area contributed by atoms with Gasteiger partial charge in [-0.2, -0.15) is 0 Å². The van der Waals surface area contributed by atoms with Crippen LogP contribution < -0.4 is 11.1 Å². The molecule has 98 valence electrons. The fourth-order valence-corrected chi connectivity index (χ4v) is 2.27. The molecular formula is C12H10N2O4S. The zero-order valence-electron chi connectivity index (χ0n) is 9.71. The van der Waals surface area contributed by atoms with Crippen LogP contribution in [-0.4, -0.2) is 17.6 Å². The van der Waals surface area contributed by atoms with Crippen LogP contribution in [-0.2, 0) is 16.1 Å². The van der Waals surface area contributed by atoms with E-state index in [4.69, 9.17) is 10.2 Å². The first-order valence-electron chi connectivity index (χ1n) is 5.32. The molecule has 0 spiro atoms. The van der Waals surface area contributed by atoms with E-state index in [0.29, 0.717) is 4.88 Å². The third-order valence-corrected chi connectivity index (χ3v) is 3.36. The summed E-state index contributed by atoms with van der Waals surface area (Å²) in [5, 5.41) is 2.35. The van der Waals surface area contributed by atoms with Crippen LogP contribution in [0.2, 0.25) is 0 Å². The van der Waals surface area contributed by atoms with E-state index >= 15 is 0 Å². The van der Waals surface area contributed by atoms with Crippen molar-refractivity contribution in [2.24, 2.45) is 5.73 Å². The Kier molecular flexibility index (Phi) is 3.76. The summed E-state index contributed by atoms with van der Waals surface area (Å²) in [6, 6.07) is 6.55. The van der Waals surface area contributed by atoms with E-state index < -0.39 is 11.8 Å². The summed E-state index contributed by atoms with van der Waals surface area (Å²) in [7, 11) is 0. The third-order valence-electron chi connectivity index (χ3n) is 2.28. The van der Waals surface area contributed by atoms with E-state index in [1.807, 2.05) is 0 Å². The number of hydrogen-bond acceptors (Lipinski definition) is 5. The van der Waals surface area contributed by atoms with Crippen molar-refractivity contribution in [2.45, 2.75) is 6.54 Å². The Balaban J connectivity index is 2.01. The zero-order chi connectivity index (χ0) is 13.8. The van der Waals surface area contributed by atoms with Crippen molar-refractivity contribution >= 4 is 28.9 Å². The van der Waals surface area contributed by atoms with Crippen molar-refractivity contribution in [2.75, 3.05) is 0 Å². The van der Waals surface area contributed by atoms with Crippen molar-refractivity contribution in [3.05, 3.63) is 46.0 Å². The number of ketones is 1. The van der Waals surface area contributed by atoms with Gasteiger partial charge in [-0.25, -0.2) is 0 Å². The molecule has 0 aliphatic heterocycles. The average Bonchev–Trinajstić information content (AvgIpc) is 3.06. The number of primary amides is 1. The lowest BCUT2D eigenvalue weighted by atomic mass is 10.2. The van der Waals surface area contributed by atoms with Gasteiger partial charge in [-0.15, -0.1) is 11.3 Å². The molecule has 0 saturated carbocycles. The monoisotopic (exact) mass is 278 g/mol. The Labute approximate surface area is 112 Å². The van der Waals surface area contributed by atoms with E-state index in [1.54, 1.807) is 24.3 Å². The molecule has 0 saturated heterocycles. The highest BCUT2D eigenvalue weighted by Crippen LogP contribution is 2.20.